The summed E-state index contributed by atoms with van der Waals surface area (Å²) < 4.78 is 22.9. The van der Waals surface area contributed by atoms with Crippen molar-refractivity contribution in [2.75, 3.05) is 26.3 Å². The minimum atomic E-state index is -1.49. The van der Waals surface area contributed by atoms with Crippen molar-refractivity contribution >= 4 is 5.91 Å². The van der Waals surface area contributed by atoms with Gasteiger partial charge in [0, 0.05) is 32.0 Å². The van der Waals surface area contributed by atoms with Crippen molar-refractivity contribution < 1.29 is 49.3 Å². The highest BCUT2D eigenvalue weighted by molar-refractivity contribution is 5.87. The molecule has 1 saturated carbocycles. The fraction of sp³-hybridized carbons (Fsp3) is 0.950. The van der Waals surface area contributed by atoms with Crippen molar-refractivity contribution in [1.82, 2.24) is 10.6 Å². The van der Waals surface area contributed by atoms with Gasteiger partial charge in [-0.05, 0) is 12.8 Å². The summed E-state index contributed by atoms with van der Waals surface area (Å²) in [5.74, 6) is -0.566. The van der Waals surface area contributed by atoms with Crippen LogP contribution in [0.25, 0.3) is 0 Å². The molecular formula is C20H35N3O10. The number of β-amino-alcohol motifs (C(OH)–C–C–N with tert-alkyl or cyclic N) is 1. The SMILES string of the molecule is N[C@@H]1C[C@H](O[C@H]2C[C@H](O[C@@H]3C[C@@H](O)[C@H](O)CO3)[C@@H](CO)O2)[C@@H](O)[C@H](NC(=O)C2(O)CNC2)C1. The van der Waals surface area contributed by atoms with Crippen LogP contribution in [0.4, 0.5) is 0 Å². The average Bonchev–Trinajstić information content (AvgIpc) is 3.13. The second kappa shape index (κ2) is 10.3. The second-order valence-electron chi connectivity index (χ2n) is 9.44. The van der Waals surface area contributed by atoms with Gasteiger partial charge in [-0.2, -0.15) is 0 Å². The van der Waals surface area contributed by atoms with E-state index in [-0.39, 0.29) is 45.2 Å². The summed E-state index contributed by atoms with van der Waals surface area (Å²) in [6.45, 7) is -0.101. The molecule has 0 unspecified atom stereocenters. The number of ether oxygens (including phenoxy) is 4. The van der Waals surface area contributed by atoms with E-state index in [1.165, 1.54) is 0 Å². The Balaban J connectivity index is 1.32. The van der Waals surface area contributed by atoms with Crippen LogP contribution in [0.5, 0.6) is 0 Å². The van der Waals surface area contributed by atoms with E-state index in [9.17, 15) is 30.3 Å². The van der Waals surface area contributed by atoms with Gasteiger partial charge in [-0.25, -0.2) is 0 Å². The standard InChI is InChI=1S/C20H35N3O10/c21-9-1-10(23-19(28)20(29)7-22-8-20)18(27)14(2-9)32-17-4-13(15(5-24)33-17)31-16-3-11(25)12(26)6-30-16/h9-18,22,24-27,29H,1-8,21H2,(H,23,28)/t9-,10+,11+,12+,13-,14-,15+,16+,17+,18-/m0/s1. The summed E-state index contributed by atoms with van der Waals surface area (Å²) in [4.78, 5) is 12.4. The lowest BCUT2D eigenvalue weighted by Gasteiger charge is -2.42. The maximum Gasteiger partial charge on any atom is 0.254 e. The van der Waals surface area contributed by atoms with Crippen molar-refractivity contribution in [3.8, 4) is 0 Å². The minimum absolute atomic E-state index is 0.0619. The van der Waals surface area contributed by atoms with E-state index in [1.807, 2.05) is 0 Å². The first-order valence-electron chi connectivity index (χ1n) is 11.4. The van der Waals surface area contributed by atoms with Gasteiger partial charge in [0.15, 0.2) is 18.2 Å². The summed E-state index contributed by atoms with van der Waals surface area (Å²) in [5, 5.41) is 55.6. The van der Waals surface area contributed by atoms with E-state index < -0.39 is 66.8 Å². The van der Waals surface area contributed by atoms with E-state index in [0.717, 1.165) is 0 Å². The molecule has 0 radical (unpaired) electrons. The first kappa shape index (κ1) is 25.1. The quantitative estimate of drug-likeness (QED) is 0.175. The molecule has 9 N–H and O–H groups in total. The number of carbonyl (C=O) groups is 1. The highest BCUT2D eigenvalue weighted by atomic mass is 16.7. The maximum atomic E-state index is 12.4. The van der Waals surface area contributed by atoms with Crippen LogP contribution in [0.2, 0.25) is 0 Å². The summed E-state index contributed by atoms with van der Waals surface area (Å²) in [6.07, 6.45) is -5.59. The van der Waals surface area contributed by atoms with Gasteiger partial charge in [0.2, 0.25) is 0 Å². The molecule has 0 aromatic rings. The average molecular weight is 478 g/mol. The Morgan fingerprint density at radius 2 is 1.79 bits per heavy atom. The number of rotatable bonds is 7. The molecule has 4 rings (SSSR count). The van der Waals surface area contributed by atoms with Crippen LogP contribution >= 0.6 is 0 Å². The monoisotopic (exact) mass is 477 g/mol. The smallest absolute Gasteiger partial charge is 0.254 e. The van der Waals surface area contributed by atoms with Crippen molar-refractivity contribution in [3.63, 3.8) is 0 Å². The molecule has 4 fully saturated rings. The van der Waals surface area contributed by atoms with Crippen LogP contribution in [0.15, 0.2) is 0 Å². The third-order valence-electron chi connectivity index (χ3n) is 6.79. The van der Waals surface area contributed by atoms with Gasteiger partial charge in [0.25, 0.3) is 5.91 Å². The lowest BCUT2D eigenvalue weighted by atomic mass is 9.85. The Labute approximate surface area is 191 Å². The number of hydrogen-bond donors (Lipinski definition) is 8. The molecule has 13 heteroatoms. The summed E-state index contributed by atoms with van der Waals surface area (Å²) in [7, 11) is 0. The molecule has 0 spiro atoms. The van der Waals surface area contributed by atoms with Gasteiger partial charge in [-0.15, -0.1) is 0 Å². The molecule has 4 aliphatic rings. The fourth-order valence-electron chi connectivity index (χ4n) is 4.66. The third kappa shape index (κ3) is 5.65. The van der Waals surface area contributed by atoms with Crippen LogP contribution in [0.3, 0.4) is 0 Å². The predicted molar refractivity (Wildman–Crippen MR) is 109 cm³/mol. The van der Waals surface area contributed by atoms with Crippen molar-refractivity contribution in [1.29, 1.82) is 0 Å². The van der Waals surface area contributed by atoms with E-state index >= 15 is 0 Å². The Kier molecular flexibility index (Phi) is 7.87. The number of carbonyl (C=O) groups excluding carboxylic acids is 1. The molecule has 10 atom stereocenters. The zero-order valence-corrected chi connectivity index (χ0v) is 18.3. The van der Waals surface area contributed by atoms with E-state index in [2.05, 4.69) is 10.6 Å². The fourth-order valence-corrected chi connectivity index (χ4v) is 4.66. The largest absolute Gasteiger partial charge is 0.394 e. The van der Waals surface area contributed by atoms with Crippen molar-refractivity contribution in [2.45, 2.75) is 92.6 Å². The zero-order chi connectivity index (χ0) is 23.8. The van der Waals surface area contributed by atoms with E-state index in [1.54, 1.807) is 0 Å². The molecule has 3 saturated heterocycles. The molecular weight excluding hydrogens is 442 g/mol. The minimum Gasteiger partial charge on any atom is -0.394 e. The lowest BCUT2D eigenvalue weighted by Crippen LogP contribution is -2.70. The summed E-state index contributed by atoms with van der Waals surface area (Å²) in [6, 6.07) is -1.04. The molecule has 3 aliphatic heterocycles. The molecule has 1 amide bonds. The number of aliphatic hydroxyl groups is 5. The Bertz CT molecular complexity index is 682. The van der Waals surface area contributed by atoms with E-state index in [4.69, 9.17) is 24.7 Å². The second-order valence-corrected chi connectivity index (χ2v) is 9.44. The molecule has 3 heterocycles. The summed E-state index contributed by atoms with van der Waals surface area (Å²) in [5.41, 5.74) is 4.64. The molecule has 0 bridgehead atoms. The van der Waals surface area contributed by atoms with Gasteiger partial charge in [-0.1, -0.05) is 0 Å². The first-order chi connectivity index (χ1) is 15.7. The molecule has 1 aliphatic carbocycles. The molecule has 0 aromatic heterocycles. The number of nitrogens with one attached hydrogen (secondary N) is 2. The van der Waals surface area contributed by atoms with Crippen molar-refractivity contribution in [2.24, 2.45) is 5.73 Å². The maximum absolute atomic E-state index is 12.4. The van der Waals surface area contributed by atoms with Crippen LogP contribution < -0.4 is 16.4 Å². The van der Waals surface area contributed by atoms with Gasteiger partial charge in [-0.3, -0.25) is 4.79 Å². The van der Waals surface area contributed by atoms with Gasteiger partial charge in [0.1, 0.15) is 18.3 Å². The number of amides is 1. The van der Waals surface area contributed by atoms with Crippen LogP contribution in [-0.4, -0.2) is 125 Å². The van der Waals surface area contributed by atoms with Crippen molar-refractivity contribution in [3.05, 3.63) is 0 Å². The third-order valence-corrected chi connectivity index (χ3v) is 6.79. The van der Waals surface area contributed by atoms with Crippen LogP contribution in [0, 0.1) is 0 Å². The normalized spacial score (nSPS) is 45.4. The molecule has 190 valence electrons. The van der Waals surface area contributed by atoms with Crippen LogP contribution in [0.1, 0.15) is 25.7 Å². The number of nitrogens with two attached hydrogens (primary N) is 1. The topological polar surface area (TPSA) is 205 Å². The van der Waals surface area contributed by atoms with Gasteiger partial charge in [0.05, 0.1) is 37.6 Å². The molecule has 0 aromatic carbocycles. The number of aliphatic hydroxyl groups excluding tert-OH is 4. The number of hydrogen-bond acceptors (Lipinski definition) is 12. The predicted octanol–water partition coefficient (Wildman–Crippen LogP) is -4.37. The first-order valence-corrected chi connectivity index (χ1v) is 11.4. The van der Waals surface area contributed by atoms with Gasteiger partial charge < -0.3 is 60.8 Å². The highest BCUT2D eigenvalue weighted by Crippen LogP contribution is 2.31. The lowest BCUT2D eigenvalue weighted by molar-refractivity contribution is -0.240. The van der Waals surface area contributed by atoms with Crippen LogP contribution in [-0.2, 0) is 23.7 Å². The zero-order valence-electron chi connectivity index (χ0n) is 18.3. The van der Waals surface area contributed by atoms with Gasteiger partial charge >= 0.3 is 0 Å². The highest BCUT2D eigenvalue weighted by Gasteiger charge is 2.47. The molecule has 13 nitrogen and oxygen atoms in total. The molecule has 33 heavy (non-hydrogen) atoms. The Morgan fingerprint density at radius 3 is 2.42 bits per heavy atom. The Hall–Kier alpha value is -0.970. The summed E-state index contributed by atoms with van der Waals surface area (Å²) >= 11 is 0. The Morgan fingerprint density at radius 1 is 1.06 bits per heavy atom. The van der Waals surface area contributed by atoms with E-state index in [0.29, 0.717) is 12.8 Å².